The van der Waals surface area contributed by atoms with Gasteiger partial charge < -0.3 is 5.32 Å². The lowest BCUT2D eigenvalue weighted by molar-refractivity contribution is 0.0945. The van der Waals surface area contributed by atoms with Gasteiger partial charge in [0.25, 0.3) is 5.91 Å². The van der Waals surface area contributed by atoms with Gasteiger partial charge in [0.15, 0.2) is 0 Å². The lowest BCUT2D eigenvalue weighted by Gasteiger charge is -2.12. The zero-order valence-corrected chi connectivity index (χ0v) is 12.7. The monoisotopic (exact) mass is 322 g/mol. The Morgan fingerprint density at radius 2 is 2.10 bits per heavy atom. The number of rotatable bonds is 4. The molecule has 1 N–H and O–H groups in total. The summed E-state index contributed by atoms with van der Waals surface area (Å²) in [6, 6.07) is 5.94. The van der Waals surface area contributed by atoms with E-state index in [-0.39, 0.29) is 5.91 Å². The third kappa shape index (κ3) is 3.75. The minimum absolute atomic E-state index is 0.377. The number of nitriles is 1. The average molecular weight is 323 g/mol. The van der Waals surface area contributed by atoms with Crippen LogP contribution in [0.3, 0.4) is 0 Å². The molecule has 1 atom stereocenters. The second kappa shape index (κ2) is 6.61. The average Bonchev–Trinajstić information content (AvgIpc) is 2.92. The normalized spacial score (nSPS) is 11.7. The Labute approximate surface area is 132 Å². The first-order chi connectivity index (χ1) is 10.0. The number of aromatic nitrogens is 2. The molecule has 1 heterocycles. The molecular formula is C14H12Cl2N4O. The fraction of sp³-hybridized carbons (Fsp3) is 0.214. The lowest BCUT2D eigenvalue weighted by Crippen LogP contribution is -2.27. The van der Waals surface area contributed by atoms with Gasteiger partial charge in [0.2, 0.25) is 0 Å². The highest BCUT2D eigenvalue weighted by molar-refractivity contribution is 6.34. The number of carbonyl (C=O) groups is 1. The molecule has 0 aliphatic carbocycles. The van der Waals surface area contributed by atoms with Crippen LogP contribution in [-0.2, 0) is 6.54 Å². The van der Waals surface area contributed by atoms with Crippen LogP contribution in [0, 0.1) is 11.3 Å². The molecule has 2 aromatic rings. The molecule has 0 fully saturated rings. The summed E-state index contributed by atoms with van der Waals surface area (Å²) in [6.45, 7) is 2.58. The number of halogens is 2. The summed E-state index contributed by atoms with van der Waals surface area (Å²) in [4.78, 5) is 12.1. The number of benzene rings is 1. The summed E-state index contributed by atoms with van der Waals surface area (Å²) < 4.78 is 1.63. The molecule has 5 nitrogen and oxygen atoms in total. The molecule has 0 saturated heterocycles. The van der Waals surface area contributed by atoms with E-state index in [0.717, 1.165) is 0 Å². The molecule has 108 valence electrons. The first-order valence-corrected chi connectivity index (χ1v) is 6.98. The Morgan fingerprint density at radius 3 is 2.62 bits per heavy atom. The molecule has 0 unspecified atom stereocenters. The Hall–Kier alpha value is -2.03. The standard InChI is InChI=1S/C14H12Cl2N4O/c1-2-20-8-10(7-18-20)14(21)19-13(6-17)9-3-11(15)5-12(16)4-9/h3-5,7-8,13H,2H2,1H3,(H,19,21)/t13-/m1/s1. The van der Waals surface area contributed by atoms with Crippen LogP contribution in [0.15, 0.2) is 30.6 Å². The van der Waals surface area contributed by atoms with Gasteiger partial charge in [-0.3, -0.25) is 9.48 Å². The van der Waals surface area contributed by atoms with E-state index in [9.17, 15) is 10.1 Å². The fourth-order valence-electron chi connectivity index (χ4n) is 1.80. The van der Waals surface area contributed by atoms with Gasteiger partial charge in [-0.15, -0.1) is 0 Å². The first-order valence-electron chi connectivity index (χ1n) is 6.22. The van der Waals surface area contributed by atoms with E-state index in [0.29, 0.717) is 27.7 Å². The molecule has 21 heavy (non-hydrogen) atoms. The van der Waals surface area contributed by atoms with E-state index in [1.54, 1.807) is 29.1 Å². The summed E-state index contributed by atoms with van der Waals surface area (Å²) in [5.74, 6) is -0.377. The number of amides is 1. The van der Waals surface area contributed by atoms with Crippen LogP contribution in [-0.4, -0.2) is 15.7 Å². The van der Waals surface area contributed by atoms with Crippen molar-refractivity contribution < 1.29 is 4.79 Å². The molecule has 0 radical (unpaired) electrons. The summed E-state index contributed by atoms with van der Waals surface area (Å²) in [5.41, 5.74) is 0.927. The van der Waals surface area contributed by atoms with Crippen LogP contribution >= 0.6 is 23.2 Å². The molecule has 0 bridgehead atoms. The summed E-state index contributed by atoms with van der Waals surface area (Å²) in [7, 11) is 0. The van der Waals surface area contributed by atoms with E-state index in [1.165, 1.54) is 6.20 Å². The highest BCUT2D eigenvalue weighted by atomic mass is 35.5. The Bertz CT molecular complexity index is 685. The first kappa shape index (κ1) is 15.4. The van der Waals surface area contributed by atoms with Gasteiger partial charge in [0.1, 0.15) is 6.04 Å². The zero-order chi connectivity index (χ0) is 15.4. The summed E-state index contributed by atoms with van der Waals surface area (Å²) in [6.07, 6.45) is 3.08. The minimum atomic E-state index is -0.835. The largest absolute Gasteiger partial charge is 0.332 e. The van der Waals surface area contributed by atoms with Gasteiger partial charge in [-0.25, -0.2) is 0 Å². The maximum absolute atomic E-state index is 12.1. The molecule has 7 heteroatoms. The van der Waals surface area contributed by atoms with E-state index >= 15 is 0 Å². The van der Waals surface area contributed by atoms with Crippen molar-refractivity contribution in [1.29, 1.82) is 5.26 Å². The van der Waals surface area contributed by atoms with E-state index in [4.69, 9.17) is 23.2 Å². The van der Waals surface area contributed by atoms with Crippen LogP contribution in [0.25, 0.3) is 0 Å². The van der Waals surface area contributed by atoms with Crippen molar-refractivity contribution in [3.63, 3.8) is 0 Å². The maximum Gasteiger partial charge on any atom is 0.255 e. The summed E-state index contributed by atoms with van der Waals surface area (Å²) in [5, 5.41) is 16.7. The van der Waals surface area contributed by atoms with Crippen LogP contribution in [0.4, 0.5) is 0 Å². The van der Waals surface area contributed by atoms with Crippen molar-refractivity contribution in [1.82, 2.24) is 15.1 Å². The molecule has 1 amide bonds. The number of nitrogens with zero attached hydrogens (tertiary/aromatic N) is 3. The second-order valence-corrected chi connectivity index (χ2v) is 5.20. The van der Waals surface area contributed by atoms with Gasteiger partial charge in [-0.05, 0) is 30.7 Å². The second-order valence-electron chi connectivity index (χ2n) is 4.32. The number of aryl methyl sites for hydroxylation is 1. The smallest absolute Gasteiger partial charge is 0.255 e. The molecule has 0 saturated carbocycles. The lowest BCUT2D eigenvalue weighted by atomic mass is 10.1. The van der Waals surface area contributed by atoms with E-state index in [2.05, 4.69) is 10.4 Å². The molecule has 0 aliphatic rings. The fourth-order valence-corrected chi connectivity index (χ4v) is 2.34. The number of carbonyl (C=O) groups excluding carboxylic acids is 1. The molecule has 0 aliphatic heterocycles. The van der Waals surface area contributed by atoms with Gasteiger partial charge in [0, 0.05) is 22.8 Å². The van der Waals surface area contributed by atoms with E-state index < -0.39 is 6.04 Å². The molecule has 0 spiro atoms. The molecule has 1 aromatic heterocycles. The number of hydrogen-bond acceptors (Lipinski definition) is 3. The van der Waals surface area contributed by atoms with Crippen molar-refractivity contribution in [2.75, 3.05) is 0 Å². The Kier molecular flexibility index (Phi) is 4.84. The van der Waals surface area contributed by atoms with Crippen LogP contribution in [0.5, 0.6) is 0 Å². The van der Waals surface area contributed by atoms with Gasteiger partial charge >= 0.3 is 0 Å². The van der Waals surface area contributed by atoms with Gasteiger partial charge in [-0.2, -0.15) is 10.4 Å². The predicted octanol–water partition coefficient (Wildman–Crippen LogP) is 3.20. The van der Waals surface area contributed by atoms with Crippen LogP contribution in [0.2, 0.25) is 10.0 Å². The highest BCUT2D eigenvalue weighted by Crippen LogP contribution is 2.23. The van der Waals surface area contributed by atoms with Crippen molar-refractivity contribution in [2.24, 2.45) is 0 Å². The van der Waals surface area contributed by atoms with Crippen molar-refractivity contribution >= 4 is 29.1 Å². The molecule has 1 aromatic carbocycles. The highest BCUT2D eigenvalue weighted by Gasteiger charge is 2.17. The van der Waals surface area contributed by atoms with Crippen molar-refractivity contribution in [2.45, 2.75) is 19.5 Å². The van der Waals surface area contributed by atoms with Crippen LogP contribution < -0.4 is 5.32 Å². The zero-order valence-electron chi connectivity index (χ0n) is 11.2. The Morgan fingerprint density at radius 1 is 1.43 bits per heavy atom. The van der Waals surface area contributed by atoms with Crippen molar-refractivity contribution in [3.05, 3.63) is 51.8 Å². The SMILES string of the molecule is CCn1cc(C(=O)N[C@H](C#N)c2cc(Cl)cc(Cl)c2)cn1. The van der Waals surface area contributed by atoms with Crippen molar-refractivity contribution in [3.8, 4) is 6.07 Å². The van der Waals surface area contributed by atoms with Gasteiger partial charge in [-0.1, -0.05) is 23.2 Å². The third-order valence-electron chi connectivity index (χ3n) is 2.84. The number of hydrogen-bond donors (Lipinski definition) is 1. The predicted molar refractivity (Wildman–Crippen MR) is 80.2 cm³/mol. The van der Waals surface area contributed by atoms with E-state index in [1.807, 2.05) is 13.0 Å². The third-order valence-corrected chi connectivity index (χ3v) is 3.28. The molecular weight excluding hydrogens is 311 g/mol. The van der Waals surface area contributed by atoms with Gasteiger partial charge in [0.05, 0.1) is 17.8 Å². The summed E-state index contributed by atoms with van der Waals surface area (Å²) >= 11 is 11.8. The Balaban J connectivity index is 2.19. The molecule has 2 rings (SSSR count). The van der Waals surface area contributed by atoms with Crippen LogP contribution in [0.1, 0.15) is 28.9 Å². The topological polar surface area (TPSA) is 70.7 Å². The maximum atomic E-state index is 12.1. The number of nitrogens with one attached hydrogen (secondary N) is 1. The quantitative estimate of drug-likeness (QED) is 0.939. The minimum Gasteiger partial charge on any atom is -0.332 e.